The maximum atomic E-state index is 12.1. The number of rotatable bonds is 29. The first-order valence-corrected chi connectivity index (χ1v) is 49.6. The van der Waals surface area contributed by atoms with Gasteiger partial charge in [0.15, 0.2) is 17.0 Å². The molecule has 0 radical (unpaired) electrons. The van der Waals surface area contributed by atoms with Gasteiger partial charge in [-0.15, -0.1) is 0 Å². The third kappa shape index (κ3) is 30.6. The van der Waals surface area contributed by atoms with Crippen molar-refractivity contribution >= 4 is 134 Å². The number of nitrogens with one attached hydrogen (secondary N) is 1. The molecule has 135 heavy (non-hydrogen) atoms. The summed E-state index contributed by atoms with van der Waals surface area (Å²) in [7, 11) is -22.0. The molecule has 7 aromatic carbocycles. The molecule has 0 spiro atoms. The van der Waals surface area contributed by atoms with E-state index in [9.17, 15) is 79.5 Å². The number of benzene rings is 7. The van der Waals surface area contributed by atoms with E-state index in [2.05, 4.69) is 145 Å². The number of esters is 1. The zero-order valence-electron chi connectivity index (χ0n) is 79.8. The Morgan fingerprint density at radius 2 is 1.16 bits per heavy atom. The fourth-order valence-electron chi connectivity index (χ4n) is 17.4. The van der Waals surface area contributed by atoms with Crippen molar-refractivity contribution in [2.24, 2.45) is 10.4 Å². The number of hydrogen-bond acceptors (Lipinski definition) is 20. The van der Waals surface area contributed by atoms with E-state index in [0.29, 0.717) is 46.8 Å². The quantitative estimate of drug-likeness (QED) is 0.00838. The van der Waals surface area contributed by atoms with Gasteiger partial charge in [0.25, 0.3) is 0 Å². The van der Waals surface area contributed by atoms with Crippen molar-refractivity contribution in [3.05, 3.63) is 268 Å². The van der Waals surface area contributed by atoms with Crippen molar-refractivity contribution in [2.75, 3.05) is 54.5 Å². The number of halogens is 4. The molecule has 6 heterocycles. The molecule has 35 heteroatoms. The second kappa shape index (κ2) is 48.8. The second-order valence-electron chi connectivity index (χ2n) is 35.1. The maximum Gasteiger partial charge on any atom is 1.00 e. The summed E-state index contributed by atoms with van der Waals surface area (Å²) < 4.78 is 191. The Balaban J connectivity index is 0.000000300. The number of allylic oxidation sites excluding steroid dienone is 12. The Morgan fingerprint density at radius 1 is 0.615 bits per heavy atom. The number of nitrogens with zero attached hydrogens (tertiary/aromatic N) is 5. The predicted molar refractivity (Wildman–Crippen MR) is 513 cm³/mol. The Bertz CT molecular complexity index is 6480. The molecule has 24 nitrogen and oxygen atoms in total. The first kappa shape index (κ1) is 114. The monoisotopic (exact) mass is 1950 g/mol. The van der Waals surface area contributed by atoms with Crippen LogP contribution in [-0.4, -0.2) is 159 Å². The summed E-state index contributed by atoms with van der Waals surface area (Å²) in [4.78, 5) is 29.1. The minimum Gasteiger partial charge on any atom is -1.00 e. The minimum absolute atomic E-state index is 0. The van der Waals surface area contributed by atoms with Crippen LogP contribution in [0.15, 0.2) is 239 Å². The van der Waals surface area contributed by atoms with Crippen LogP contribution >= 0.6 is 0 Å². The molecule has 0 fully saturated rings. The number of ether oxygens (including phenoxy) is 3. The van der Waals surface area contributed by atoms with Gasteiger partial charge in [-0.3, -0.25) is 27.5 Å². The fraction of sp³-hybridized carbons (Fsp3) is 0.360. The molecule has 0 amide bonds. The summed E-state index contributed by atoms with van der Waals surface area (Å²) in [5.41, 5.74) is 14.2. The first-order chi connectivity index (χ1) is 61.8. The van der Waals surface area contributed by atoms with Gasteiger partial charge in [0.2, 0.25) is 16.7 Å². The third-order valence-corrected chi connectivity index (χ3v) is 26.9. The van der Waals surface area contributed by atoms with Crippen molar-refractivity contribution in [1.82, 2.24) is 4.58 Å². The normalized spacial score (nSPS) is 17.6. The number of carboxylic acids is 1. The number of hydrogen-bond donors (Lipinski definition) is 2. The number of carbonyl (C=O) groups excluding carboxylic acids is 1. The molecule has 0 bridgehead atoms. The number of anilines is 2. The van der Waals surface area contributed by atoms with Gasteiger partial charge in [-0.25, -0.2) is 38.2 Å². The van der Waals surface area contributed by atoms with Gasteiger partial charge in [0.1, 0.15) is 62.9 Å². The van der Waals surface area contributed by atoms with Gasteiger partial charge >= 0.3 is 78.6 Å². The van der Waals surface area contributed by atoms with Gasteiger partial charge in [-0.1, -0.05) is 118 Å². The Morgan fingerprint density at radius 3 is 1.70 bits per heavy atom. The van der Waals surface area contributed by atoms with Crippen LogP contribution in [0.5, 0.6) is 11.5 Å². The summed E-state index contributed by atoms with van der Waals surface area (Å²) in [6.07, 6.45) is 25.4. The Labute approximate surface area is 836 Å². The van der Waals surface area contributed by atoms with Gasteiger partial charge in [-0.2, -0.15) is 9.15 Å². The van der Waals surface area contributed by atoms with Crippen LogP contribution < -0.4 is 98.7 Å². The van der Waals surface area contributed by atoms with E-state index in [-0.39, 0.29) is 149 Å². The summed E-state index contributed by atoms with van der Waals surface area (Å²) in [5, 5.41) is 15.1. The molecule has 2 N–H and O–H groups in total. The SMILES string of the molecule is C(/C=C/Nc1ccccc1)=Nc1ccccc1.CCN1c2cc3c(cc2C(C)=CC1(C)C)/C(=C/C=C/C=C/C1=[N+](CCCS(=O)(=O)[O-])c2ccc(S(=O)(=O)[O-])cc2C1(C)CCCC(=O)O)C=C(c1ccccc1)O3.CCOC(=O)CCCC1(C)C(C)=[N+](CCCS(=O)(=O)[O-])c2ccc(S(=O)(=O)[O-])cc21.CC[N+]1=c2cc3c(cc2C(C)=CC1(C)C)=C(C)C=C(C(C)(C)C)O3.FB(F)F.[F-].[Na+].[Na+]. The van der Waals surface area contributed by atoms with Crippen molar-refractivity contribution in [3.8, 4) is 11.5 Å². The molecular formula is C100H117BF4N6Na2O18S4. The molecule has 712 valence electrons. The molecule has 2 atom stereocenters. The molecule has 0 saturated heterocycles. The Kier molecular flexibility index (Phi) is 41.4. The smallest absolute Gasteiger partial charge is 1.00 e. The van der Waals surface area contributed by atoms with Gasteiger partial charge in [-0.05, 0) is 202 Å². The number of carbonyl (C=O) groups is 2. The molecule has 6 aliphatic heterocycles. The van der Waals surface area contributed by atoms with Gasteiger partial charge in [0.05, 0.1) is 64.8 Å². The van der Waals surface area contributed by atoms with Crippen LogP contribution in [0.2, 0.25) is 0 Å². The zero-order chi connectivity index (χ0) is 97.3. The van der Waals surface area contributed by atoms with E-state index < -0.39 is 81.2 Å². The summed E-state index contributed by atoms with van der Waals surface area (Å²) in [6.45, 7) is 36.2. The molecule has 6 aliphatic rings. The fourth-order valence-corrected chi connectivity index (χ4v) is 19.3. The van der Waals surface area contributed by atoms with Crippen molar-refractivity contribution in [3.63, 3.8) is 0 Å². The number of carboxylic acid groups (broad SMARTS) is 1. The number of aliphatic carboxylic acids is 1. The molecule has 0 aromatic heterocycles. The van der Waals surface area contributed by atoms with E-state index in [0.717, 1.165) is 75.4 Å². The molecule has 0 saturated carbocycles. The van der Waals surface area contributed by atoms with Crippen LogP contribution in [0.1, 0.15) is 196 Å². The zero-order valence-corrected chi connectivity index (χ0v) is 87.1. The number of likely N-dealkylation sites (N-methyl/N-ethyl adjacent to an activating group) is 2. The van der Waals surface area contributed by atoms with E-state index >= 15 is 0 Å². The van der Waals surface area contributed by atoms with Crippen molar-refractivity contribution in [2.45, 2.75) is 194 Å². The summed E-state index contributed by atoms with van der Waals surface area (Å²) in [6, 6.07) is 46.7. The number of para-hydroxylation sites is 2. The average molecular weight is 1950 g/mol. The maximum absolute atomic E-state index is 12.1. The molecule has 2 unspecified atom stereocenters. The summed E-state index contributed by atoms with van der Waals surface area (Å²) >= 11 is 0. The van der Waals surface area contributed by atoms with Crippen molar-refractivity contribution < 1.29 is 167 Å². The standard InChI is InChI=1S/C44H48N2O9S2.C22H30NO.C19H27NO8S2.C15H14N2.BF3.FH.2Na/c1-6-46-38-28-40-35(27-34(38)30(2)29-43(46,3)4)32(25-39(55-40)31-15-9-7-10-16-31)17-11-8-12-18-41-44(5,22-13-19-42(47)48)36-26-33(57(52,53)54)20-21-37(36)45(41)23-14-24-56(49,50)51;1-9-23-18-12-19-17(11-16(18)15(3)13-22(23,7)8)14(2)10-20(24-19)21(4,5)6;1-4-28-18(21)7-5-10-19(3)14(2)20(11-6-12-29(22,23)24)17-9-8-15(13-16(17)19)30(25,26)27;1-3-8-14(9-4-1)16-12-7-13-17-15-10-5-2-6-11-15;2-1(3)4;;;/h7-12,15-18,20-21,25-29H,6,13-14,19,22-24H2,1-5H3,(H2-,47,48,49,50,51,52,53,54);10-13H,9H2,1-8H3;8-9,13H,4-7,10-12H2,1-3H3,(H-,22,23,24,25,26,27);1-13,16H;;1H;;/q;+1;;;;;2*+1/p-3/b;;;12-7+,17-13?;;;;. The van der Waals surface area contributed by atoms with E-state index in [4.69, 9.17) is 14.2 Å². The van der Waals surface area contributed by atoms with Gasteiger partial charge < -0.3 is 52.4 Å². The average Bonchev–Trinajstić information content (AvgIpc) is 1.64. The van der Waals surface area contributed by atoms with E-state index in [1.54, 1.807) is 19.2 Å². The largest absolute Gasteiger partial charge is 1.00 e. The Hall–Kier alpha value is -9.30. The van der Waals surface area contributed by atoms with E-state index in [1.165, 1.54) is 69.3 Å². The topological polar surface area (TPSA) is 348 Å². The molecule has 0 aliphatic carbocycles. The molecule has 13 rings (SSSR count). The van der Waals surface area contributed by atoms with E-state index in [1.807, 2.05) is 164 Å². The van der Waals surface area contributed by atoms with Crippen LogP contribution in [0.3, 0.4) is 0 Å². The van der Waals surface area contributed by atoms with Crippen LogP contribution in [0.25, 0.3) is 28.1 Å². The van der Waals surface area contributed by atoms with Crippen molar-refractivity contribution in [1.29, 1.82) is 0 Å². The second-order valence-corrected chi connectivity index (χ2v) is 40.9. The predicted octanol–water partition coefficient (Wildman–Crippen LogP) is 9.22. The van der Waals surface area contributed by atoms with Crippen LogP contribution in [0, 0.1) is 5.41 Å². The minimum atomic E-state index is -4.82. The first-order valence-electron chi connectivity index (χ1n) is 43.6. The molecule has 7 aromatic rings. The van der Waals surface area contributed by atoms with Gasteiger partial charge in [0, 0.05) is 157 Å². The van der Waals surface area contributed by atoms with Crippen LogP contribution in [0.4, 0.5) is 41.4 Å². The molecular weight excluding hydrogens is 1830 g/mol. The summed E-state index contributed by atoms with van der Waals surface area (Å²) in [5.74, 6) is 1.03. The number of fused-ring (bicyclic) bond motifs is 6. The third-order valence-electron chi connectivity index (χ3n) is 23.7. The number of aliphatic imine (C=N–C) groups is 1. The van der Waals surface area contributed by atoms with Crippen LogP contribution in [-0.2, 0) is 65.6 Å².